The second-order valence-electron chi connectivity index (χ2n) is 10.5. The quantitative estimate of drug-likeness (QED) is 0.255. The Hall–Kier alpha value is -2.21. The number of unbranched alkanes of at least 4 members (excludes halogenated alkanes) is 5. The summed E-state index contributed by atoms with van der Waals surface area (Å²) in [4.78, 5) is 28.9. The Balaban J connectivity index is 1.28. The number of amides is 1. The van der Waals surface area contributed by atoms with E-state index in [-0.39, 0.29) is 23.6 Å². The van der Waals surface area contributed by atoms with Crippen molar-refractivity contribution in [3.8, 4) is 0 Å². The molecule has 1 saturated heterocycles. The van der Waals surface area contributed by atoms with Gasteiger partial charge in [-0.15, -0.1) is 0 Å². The van der Waals surface area contributed by atoms with Crippen molar-refractivity contribution in [1.29, 1.82) is 0 Å². The van der Waals surface area contributed by atoms with Crippen molar-refractivity contribution in [2.45, 2.75) is 90.1 Å². The molecule has 0 bridgehead atoms. The van der Waals surface area contributed by atoms with Gasteiger partial charge in [-0.05, 0) is 43.7 Å². The molecule has 6 heteroatoms. The van der Waals surface area contributed by atoms with Gasteiger partial charge in [0.2, 0.25) is 5.91 Å². The summed E-state index contributed by atoms with van der Waals surface area (Å²) in [6.45, 7) is 4.76. The molecule has 1 aliphatic heterocycles. The summed E-state index contributed by atoms with van der Waals surface area (Å²) in [5, 5.41) is 10.2. The van der Waals surface area contributed by atoms with Crippen LogP contribution in [0.25, 0.3) is 0 Å². The Morgan fingerprint density at radius 3 is 2.58 bits per heavy atom. The van der Waals surface area contributed by atoms with E-state index in [4.69, 9.17) is 0 Å². The number of piperazine rings is 1. The van der Waals surface area contributed by atoms with Crippen molar-refractivity contribution in [2.24, 2.45) is 11.8 Å². The predicted octanol–water partition coefficient (Wildman–Crippen LogP) is 5.91. The highest BCUT2D eigenvalue weighted by Gasteiger charge is 2.32. The molecule has 0 radical (unpaired) electrons. The highest BCUT2D eigenvalue weighted by atomic mass is 19.1. The minimum absolute atomic E-state index is 0.0940. The lowest BCUT2D eigenvalue weighted by atomic mass is 9.89. The number of hydrogen-bond donors (Lipinski definition) is 1. The Kier molecular flexibility index (Phi) is 11.9. The van der Waals surface area contributed by atoms with Gasteiger partial charge >= 0.3 is 0 Å². The molecule has 1 N–H and O–H groups in total. The fourth-order valence-electron chi connectivity index (χ4n) is 5.57. The lowest BCUT2D eigenvalue weighted by Gasteiger charge is -2.36. The Bertz CT molecular complexity index is 850. The number of aliphatic hydroxyl groups is 1. The van der Waals surface area contributed by atoms with Crippen LogP contribution in [-0.2, 0) is 9.59 Å². The highest BCUT2D eigenvalue weighted by molar-refractivity contribution is 5.83. The molecule has 3 atom stereocenters. The molecule has 0 unspecified atom stereocenters. The molecule has 0 spiro atoms. The normalized spacial score (nSPS) is 21.5. The van der Waals surface area contributed by atoms with E-state index in [9.17, 15) is 19.1 Å². The van der Waals surface area contributed by atoms with E-state index in [1.165, 1.54) is 6.07 Å². The van der Waals surface area contributed by atoms with Crippen LogP contribution < -0.4 is 4.90 Å². The van der Waals surface area contributed by atoms with Crippen LogP contribution in [0.3, 0.4) is 0 Å². The monoisotopic (exact) mass is 500 g/mol. The number of carbonyl (C=O) groups excluding carboxylic acids is 2. The number of para-hydroxylation sites is 1. The van der Waals surface area contributed by atoms with Crippen molar-refractivity contribution in [3.05, 3.63) is 42.2 Å². The zero-order valence-corrected chi connectivity index (χ0v) is 22.0. The lowest BCUT2D eigenvalue weighted by Crippen LogP contribution is -2.49. The molecule has 2 fully saturated rings. The maximum Gasteiger partial charge on any atom is 0.222 e. The molecule has 1 aromatic rings. The number of ketones is 1. The molecule has 36 heavy (non-hydrogen) atoms. The van der Waals surface area contributed by atoms with Crippen LogP contribution in [0.5, 0.6) is 0 Å². The van der Waals surface area contributed by atoms with Gasteiger partial charge in [-0.25, -0.2) is 4.39 Å². The fourth-order valence-corrected chi connectivity index (χ4v) is 5.57. The third kappa shape index (κ3) is 8.72. The van der Waals surface area contributed by atoms with E-state index in [2.05, 4.69) is 13.0 Å². The summed E-state index contributed by atoms with van der Waals surface area (Å²) in [6.07, 6.45) is 14.7. The molecule has 1 aromatic carbocycles. The van der Waals surface area contributed by atoms with Gasteiger partial charge in [-0.1, -0.05) is 69.7 Å². The van der Waals surface area contributed by atoms with Crippen molar-refractivity contribution in [3.63, 3.8) is 0 Å². The van der Waals surface area contributed by atoms with Gasteiger partial charge in [-0.2, -0.15) is 0 Å². The SMILES string of the molecule is CCCCC[C@@H](O)C=C[C@H]1CCC(=O)[C@@H]1CCCCCCC(=O)N1CCN(c2ccccc2F)CC1. The van der Waals surface area contributed by atoms with Gasteiger partial charge in [0, 0.05) is 44.9 Å². The number of hydrogen-bond acceptors (Lipinski definition) is 4. The van der Waals surface area contributed by atoms with Crippen LogP contribution in [0.15, 0.2) is 36.4 Å². The third-order valence-electron chi connectivity index (χ3n) is 7.82. The maximum absolute atomic E-state index is 14.0. The molecule has 1 heterocycles. The molecule has 1 saturated carbocycles. The van der Waals surface area contributed by atoms with Gasteiger partial charge in [0.05, 0.1) is 11.8 Å². The minimum Gasteiger partial charge on any atom is -0.389 e. The number of rotatable bonds is 14. The Morgan fingerprint density at radius 2 is 1.83 bits per heavy atom. The summed E-state index contributed by atoms with van der Waals surface area (Å²) in [7, 11) is 0. The molecule has 0 aromatic heterocycles. The predicted molar refractivity (Wildman–Crippen MR) is 143 cm³/mol. The Labute approximate surface area is 216 Å². The fraction of sp³-hybridized carbons (Fsp3) is 0.667. The van der Waals surface area contributed by atoms with Gasteiger partial charge < -0.3 is 14.9 Å². The van der Waals surface area contributed by atoms with E-state index in [1.54, 1.807) is 12.1 Å². The molecule has 200 valence electrons. The van der Waals surface area contributed by atoms with Gasteiger partial charge in [0.15, 0.2) is 0 Å². The zero-order valence-electron chi connectivity index (χ0n) is 22.0. The first-order chi connectivity index (χ1) is 17.5. The number of Topliss-reactive ketones (excluding diaryl/α,β-unsaturated/α-hetero) is 1. The molecule has 1 amide bonds. The number of anilines is 1. The van der Waals surface area contributed by atoms with E-state index in [1.807, 2.05) is 21.9 Å². The van der Waals surface area contributed by atoms with E-state index in [0.29, 0.717) is 50.5 Å². The second kappa shape index (κ2) is 15.1. The van der Waals surface area contributed by atoms with Crippen molar-refractivity contribution in [1.82, 2.24) is 4.90 Å². The summed E-state index contributed by atoms with van der Waals surface area (Å²) in [5.74, 6) is 0.713. The summed E-state index contributed by atoms with van der Waals surface area (Å²) in [5.41, 5.74) is 0.617. The number of aliphatic hydroxyl groups excluding tert-OH is 1. The van der Waals surface area contributed by atoms with Crippen LogP contribution in [0.4, 0.5) is 10.1 Å². The average Bonchev–Trinajstić information content (AvgIpc) is 3.24. The lowest BCUT2D eigenvalue weighted by molar-refractivity contribution is -0.131. The van der Waals surface area contributed by atoms with Crippen LogP contribution in [-0.4, -0.2) is 54.0 Å². The number of benzene rings is 1. The minimum atomic E-state index is -0.395. The Morgan fingerprint density at radius 1 is 1.08 bits per heavy atom. The highest BCUT2D eigenvalue weighted by Crippen LogP contribution is 2.34. The molecular weight excluding hydrogens is 455 g/mol. The first-order valence-electron chi connectivity index (χ1n) is 14.2. The molecule has 3 rings (SSSR count). The average molecular weight is 501 g/mol. The van der Waals surface area contributed by atoms with Crippen LogP contribution in [0.1, 0.15) is 84.0 Å². The summed E-state index contributed by atoms with van der Waals surface area (Å²) in [6, 6.07) is 6.81. The number of allylic oxidation sites excluding steroid dienone is 1. The molecule has 2 aliphatic rings. The topological polar surface area (TPSA) is 60.9 Å². The zero-order chi connectivity index (χ0) is 25.8. The number of nitrogens with zero attached hydrogens (tertiary/aromatic N) is 2. The standard InChI is InChI=1S/C30H45FN2O3/c1-2-3-6-11-25(34)18-16-24-17-19-29(35)26(24)12-7-4-5-8-15-30(36)33-22-20-32(21-23-33)28-14-10-9-13-27(28)31/h9-10,13-14,16,18,24-26,34H,2-8,11-12,15,17,19-23H2,1H3/t24-,25+,26+/m0/s1. The first-order valence-corrected chi connectivity index (χ1v) is 14.2. The molecule has 5 nitrogen and oxygen atoms in total. The maximum atomic E-state index is 14.0. The first kappa shape index (κ1) is 28.4. The largest absolute Gasteiger partial charge is 0.389 e. The molecular formula is C30H45FN2O3. The summed E-state index contributed by atoms with van der Waals surface area (Å²) >= 11 is 0. The van der Waals surface area contributed by atoms with Crippen molar-refractivity contribution < 1.29 is 19.1 Å². The van der Waals surface area contributed by atoms with E-state index >= 15 is 0 Å². The van der Waals surface area contributed by atoms with Gasteiger partial charge in [0.1, 0.15) is 11.6 Å². The second-order valence-corrected chi connectivity index (χ2v) is 10.5. The van der Waals surface area contributed by atoms with Crippen LogP contribution in [0, 0.1) is 17.7 Å². The molecule has 1 aliphatic carbocycles. The number of carbonyl (C=O) groups is 2. The van der Waals surface area contributed by atoms with E-state index in [0.717, 1.165) is 64.2 Å². The van der Waals surface area contributed by atoms with Gasteiger partial charge in [0.25, 0.3) is 0 Å². The van der Waals surface area contributed by atoms with Crippen LogP contribution in [0.2, 0.25) is 0 Å². The number of halogens is 1. The van der Waals surface area contributed by atoms with Gasteiger partial charge in [-0.3, -0.25) is 9.59 Å². The smallest absolute Gasteiger partial charge is 0.222 e. The van der Waals surface area contributed by atoms with E-state index < -0.39 is 6.10 Å². The van der Waals surface area contributed by atoms with Crippen LogP contribution >= 0.6 is 0 Å². The third-order valence-corrected chi connectivity index (χ3v) is 7.82. The summed E-state index contributed by atoms with van der Waals surface area (Å²) < 4.78 is 14.0. The van der Waals surface area contributed by atoms with Crippen molar-refractivity contribution >= 4 is 17.4 Å². The van der Waals surface area contributed by atoms with Crippen molar-refractivity contribution in [2.75, 3.05) is 31.1 Å².